The Morgan fingerprint density at radius 1 is 1.22 bits per heavy atom. The van der Waals surface area contributed by atoms with Crippen molar-refractivity contribution in [2.24, 2.45) is 0 Å². The van der Waals surface area contributed by atoms with Crippen molar-refractivity contribution in [3.05, 3.63) is 41.6 Å². The van der Waals surface area contributed by atoms with Gasteiger partial charge in [-0.25, -0.2) is 4.98 Å². The molecule has 1 saturated heterocycles. The quantitative estimate of drug-likeness (QED) is 0.616. The predicted octanol–water partition coefficient (Wildman–Crippen LogP) is 2.20. The van der Waals surface area contributed by atoms with Gasteiger partial charge in [0, 0.05) is 10.9 Å². The Bertz CT molecular complexity index is 1240. The zero-order chi connectivity index (χ0) is 22.1. The van der Waals surface area contributed by atoms with Crippen LogP contribution < -0.4 is 19.7 Å². The van der Waals surface area contributed by atoms with Crippen LogP contribution in [0.25, 0.3) is 10.9 Å². The van der Waals surface area contributed by atoms with Crippen LogP contribution >= 0.6 is 0 Å². The number of rotatable bonds is 1. The van der Waals surface area contributed by atoms with Crippen LogP contribution in [-0.2, 0) is 9.53 Å². The number of hydrogen-bond acceptors (Lipinski definition) is 9. The molecule has 5 rings (SSSR count). The van der Waals surface area contributed by atoms with Crippen molar-refractivity contribution in [2.75, 3.05) is 43.2 Å². The molecule has 2 aromatic heterocycles. The number of para-hydroxylation sites is 1. The van der Waals surface area contributed by atoms with E-state index in [2.05, 4.69) is 26.3 Å². The zero-order valence-corrected chi connectivity index (χ0v) is 17.4. The average Bonchev–Trinajstić information content (AvgIpc) is 2.83. The van der Waals surface area contributed by atoms with Crippen molar-refractivity contribution in [1.29, 1.82) is 5.26 Å². The maximum Gasteiger partial charge on any atom is 0.319 e. The number of morpholine rings is 1. The summed E-state index contributed by atoms with van der Waals surface area (Å²) in [4.78, 5) is 27.3. The fraction of sp³-hybridized carbons (Fsp3) is 0.318. The molecule has 32 heavy (non-hydrogen) atoms. The Morgan fingerprint density at radius 3 is 2.94 bits per heavy atom. The van der Waals surface area contributed by atoms with Gasteiger partial charge in [-0.05, 0) is 19.1 Å². The summed E-state index contributed by atoms with van der Waals surface area (Å²) in [5.74, 6) is 1.43. The van der Waals surface area contributed by atoms with Crippen molar-refractivity contribution >= 4 is 28.4 Å². The second-order valence-corrected chi connectivity index (χ2v) is 7.41. The van der Waals surface area contributed by atoms with E-state index in [4.69, 9.17) is 14.2 Å². The molecule has 0 saturated carbocycles. The normalized spacial score (nSPS) is 18.4. The summed E-state index contributed by atoms with van der Waals surface area (Å²) in [6.07, 6.45) is 1.61. The topological polar surface area (TPSA) is 122 Å². The molecule has 1 fully saturated rings. The van der Waals surface area contributed by atoms with Crippen LogP contribution in [0.3, 0.4) is 0 Å². The van der Waals surface area contributed by atoms with Crippen LogP contribution in [0.4, 0.5) is 11.6 Å². The summed E-state index contributed by atoms with van der Waals surface area (Å²) >= 11 is 0. The molecule has 1 N–H and O–H groups in total. The van der Waals surface area contributed by atoms with Crippen LogP contribution in [-0.4, -0.2) is 53.8 Å². The average molecular weight is 432 g/mol. The van der Waals surface area contributed by atoms with Crippen LogP contribution in [0, 0.1) is 11.3 Å². The minimum absolute atomic E-state index is 0.0309. The number of aromatic nitrogens is 3. The number of nitriles is 1. The van der Waals surface area contributed by atoms with Gasteiger partial charge in [-0.3, -0.25) is 9.69 Å². The summed E-state index contributed by atoms with van der Waals surface area (Å²) in [5, 5.41) is 13.6. The van der Waals surface area contributed by atoms with Gasteiger partial charge in [0.25, 0.3) is 5.91 Å². The molecule has 0 radical (unpaired) electrons. The maximum absolute atomic E-state index is 12.3. The molecular weight excluding hydrogens is 412 g/mol. The molecule has 1 amide bonds. The van der Waals surface area contributed by atoms with E-state index in [1.807, 2.05) is 19.1 Å². The van der Waals surface area contributed by atoms with Crippen LogP contribution in [0.5, 0.6) is 11.8 Å². The van der Waals surface area contributed by atoms with E-state index in [-0.39, 0.29) is 37.8 Å². The summed E-state index contributed by atoms with van der Waals surface area (Å²) < 4.78 is 16.8. The molecule has 4 heterocycles. The SMILES string of the molecule is C[C@H]1Nc2nc(nc3cnc(N4CCOCC4=O)cc23)OCCOc2c(C#N)cccc21. The number of fused-ring (bicyclic) bond motifs is 5. The molecule has 162 valence electrons. The number of nitrogens with one attached hydrogen (secondary N) is 1. The van der Waals surface area contributed by atoms with E-state index in [0.717, 1.165) is 5.56 Å². The minimum Gasteiger partial charge on any atom is -0.488 e. The highest BCUT2D eigenvalue weighted by atomic mass is 16.5. The number of nitrogens with zero attached hydrogens (tertiary/aromatic N) is 5. The number of ether oxygens (including phenoxy) is 3. The Kier molecular flexibility index (Phi) is 5.17. The summed E-state index contributed by atoms with van der Waals surface area (Å²) in [7, 11) is 0. The molecule has 3 aromatic rings. The van der Waals surface area contributed by atoms with E-state index in [9.17, 15) is 10.1 Å². The highest BCUT2D eigenvalue weighted by Crippen LogP contribution is 2.34. The lowest BCUT2D eigenvalue weighted by Gasteiger charge is -2.26. The lowest BCUT2D eigenvalue weighted by molar-refractivity contribution is -0.125. The highest BCUT2D eigenvalue weighted by molar-refractivity contribution is 5.97. The van der Waals surface area contributed by atoms with Gasteiger partial charge in [-0.1, -0.05) is 12.1 Å². The highest BCUT2D eigenvalue weighted by Gasteiger charge is 2.24. The van der Waals surface area contributed by atoms with Gasteiger partial charge < -0.3 is 19.5 Å². The summed E-state index contributed by atoms with van der Waals surface area (Å²) in [6, 6.07) is 9.39. The van der Waals surface area contributed by atoms with E-state index in [1.54, 1.807) is 23.2 Å². The second kappa shape index (κ2) is 8.28. The minimum atomic E-state index is -0.232. The zero-order valence-electron chi connectivity index (χ0n) is 17.4. The number of amides is 1. The second-order valence-electron chi connectivity index (χ2n) is 7.41. The summed E-state index contributed by atoms with van der Waals surface area (Å²) in [5.41, 5.74) is 1.87. The monoisotopic (exact) mass is 432 g/mol. The number of benzene rings is 1. The van der Waals surface area contributed by atoms with Crippen LogP contribution in [0.15, 0.2) is 30.5 Å². The van der Waals surface area contributed by atoms with Crippen molar-refractivity contribution in [3.63, 3.8) is 0 Å². The van der Waals surface area contributed by atoms with Gasteiger partial charge in [0.05, 0.1) is 36.5 Å². The third-order valence-corrected chi connectivity index (χ3v) is 5.36. The number of pyridine rings is 1. The molecule has 0 spiro atoms. The van der Waals surface area contributed by atoms with Gasteiger partial charge in [0.1, 0.15) is 43.3 Å². The molecule has 0 aliphatic carbocycles. The fourth-order valence-corrected chi connectivity index (χ4v) is 3.79. The Balaban J connectivity index is 1.60. The predicted molar refractivity (Wildman–Crippen MR) is 115 cm³/mol. The van der Waals surface area contributed by atoms with E-state index >= 15 is 0 Å². The standard InChI is InChI=1S/C22H20N6O4/c1-13-15-4-2-3-14(10-23)20(15)31-7-8-32-22-26-17-11-24-18(9-16(17)21(25-13)27-22)28-5-6-30-12-19(28)29/h2-4,9,11,13H,5-8,12H2,1H3,(H,25,26,27)/t13-/m1/s1. The maximum atomic E-state index is 12.3. The van der Waals surface area contributed by atoms with Gasteiger partial charge in [0.2, 0.25) is 0 Å². The first-order valence-corrected chi connectivity index (χ1v) is 10.2. The lowest BCUT2D eigenvalue weighted by Crippen LogP contribution is -2.42. The number of hydrogen-bond donors (Lipinski definition) is 1. The smallest absolute Gasteiger partial charge is 0.319 e. The number of carbonyl (C=O) groups excluding carboxylic acids is 1. The van der Waals surface area contributed by atoms with Gasteiger partial charge >= 0.3 is 6.01 Å². The number of carbonyl (C=O) groups is 1. The van der Waals surface area contributed by atoms with Crippen molar-refractivity contribution < 1.29 is 19.0 Å². The fourth-order valence-electron chi connectivity index (χ4n) is 3.79. The molecule has 2 bridgehead atoms. The van der Waals surface area contributed by atoms with Gasteiger partial charge in [0.15, 0.2) is 0 Å². The molecule has 2 aliphatic rings. The van der Waals surface area contributed by atoms with Gasteiger partial charge in [-0.2, -0.15) is 15.2 Å². The summed E-state index contributed by atoms with van der Waals surface area (Å²) in [6.45, 7) is 3.33. The van der Waals surface area contributed by atoms with E-state index < -0.39 is 0 Å². The van der Waals surface area contributed by atoms with Crippen LogP contribution in [0.1, 0.15) is 24.1 Å². The first-order chi connectivity index (χ1) is 15.6. The molecule has 0 unspecified atom stereocenters. The molecule has 10 nitrogen and oxygen atoms in total. The number of anilines is 2. The Morgan fingerprint density at radius 2 is 2.09 bits per heavy atom. The van der Waals surface area contributed by atoms with Crippen molar-refractivity contribution in [3.8, 4) is 17.8 Å². The first-order valence-electron chi connectivity index (χ1n) is 10.2. The molecule has 10 heteroatoms. The third kappa shape index (κ3) is 3.63. The molecule has 2 aliphatic heterocycles. The van der Waals surface area contributed by atoms with Crippen molar-refractivity contribution in [1.82, 2.24) is 15.0 Å². The largest absolute Gasteiger partial charge is 0.488 e. The first kappa shape index (κ1) is 20.0. The Labute approximate surface area is 183 Å². The van der Waals surface area contributed by atoms with E-state index in [1.165, 1.54) is 0 Å². The van der Waals surface area contributed by atoms with Crippen LogP contribution in [0.2, 0.25) is 0 Å². The Hall–Kier alpha value is -3.97. The molecule has 1 aromatic carbocycles. The van der Waals surface area contributed by atoms with Gasteiger partial charge in [-0.15, -0.1) is 0 Å². The lowest BCUT2D eigenvalue weighted by atomic mass is 10.0. The third-order valence-electron chi connectivity index (χ3n) is 5.36. The van der Waals surface area contributed by atoms with Crippen molar-refractivity contribution in [2.45, 2.75) is 13.0 Å². The molecule has 1 atom stereocenters. The van der Waals surface area contributed by atoms with E-state index in [0.29, 0.717) is 47.0 Å². The molecular formula is C22H20N6O4.